The third-order valence-electron chi connectivity index (χ3n) is 9.99. The average molecular weight is 636 g/mol. The van der Waals surface area contributed by atoms with Gasteiger partial charge in [-0.15, -0.1) is 0 Å². The standard InChI is InChI=1S/C40H49N3O4/c41-29-30-10-12-31(13-11-30)32-14-16-35(17-15-32)40(44)42-22-4-5-23-43-24-20-34(21-25-43)37-19-18-33-7-1-2-8-36(33)39(37)47-28-27-46-38-9-3-6-26-45-38/h10-19,34,38H,1-9,20-28H2,(H,42,44). The van der Waals surface area contributed by atoms with Gasteiger partial charge in [0.2, 0.25) is 0 Å². The molecule has 1 aliphatic carbocycles. The van der Waals surface area contributed by atoms with Gasteiger partial charge in [0.05, 0.1) is 18.2 Å². The number of nitrogens with one attached hydrogen (secondary N) is 1. The molecule has 0 saturated carbocycles. The fraction of sp³-hybridized carbons (Fsp3) is 0.500. The molecule has 248 valence electrons. The number of likely N-dealkylation sites (tertiary alicyclic amines) is 1. The van der Waals surface area contributed by atoms with Gasteiger partial charge in [-0.05, 0) is 148 Å². The SMILES string of the molecule is N#Cc1ccc(-c2ccc(C(=O)NCCCCN3CCC(c4ccc5c(c4OCCOC4CCCCO4)CCCC5)CC3)cc2)cc1. The van der Waals surface area contributed by atoms with Crippen LogP contribution in [0.5, 0.6) is 5.75 Å². The first-order valence-electron chi connectivity index (χ1n) is 17.8. The van der Waals surface area contributed by atoms with Crippen molar-refractivity contribution in [3.8, 4) is 22.9 Å². The van der Waals surface area contributed by atoms with Crippen LogP contribution >= 0.6 is 0 Å². The van der Waals surface area contributed by atoms with E-state index in [1.54, 1.807) is 0 Å². The quantitative estimate of drug-likeness (QED) is 0.197. The van der Waals surface area contributed by atoms with Crippen LogP contribution in [0.1, 0.15) is 96.3 Å². The number of nitriles is 1. The second-order valence-electron chi connectivity index (χ2n) is 13.2. The molecule has 0 bridgehead atoms. The van der Waals surface area contributed by atoms with Gasteiger partial charge in [0.15, 0.2) is 6.29 Å². The van der Waals surface area contributed by atoms with Crippen molar-refractivity contribution in [1.82, 2.24) is 10.2 Å². The Morgan fingerprint density at radius 1 is 0.872 bits per heavy atom. The predicted molar refractivity (Wildman–Crippen MR) is 185 cm³/mol. The van der Waals surface area contributed by atoms with Crippen molar-refractivity contribution in [2.45, 2.75) is 82.8 Å². The summed E-state index contributed by atoms with van der Waals surface area (Å²) in [5.41, 5.74) is 7.67. The molecule has 6 rings (SSSR count). The number of fused-ring (bicyclic) bond motifs is 1. The van der Waals surface area contributed by atoms with Crippen LogP contribution in [0.2, 0.25) is 0 Å². The van der Waals surface area contributed by atoms with Crippen LogP contribution in [0.4, 0.5) is 0 Å². The van der Waals surface area contributed by atoms with Crippen LogP contribution in [0.15, 0.2) is 60.7 Å². The van der Waals surface area contributed by atoms with Crippen LogP contribution in [0.25, 0.3) is 11.1 Å². The van der Waals surface area contributed by atoms with Gasteiger partial charge in [-0.2, -0.15) is 5.26 Å². The highest BCUT2D eigenvalue weighted by Crippen LogP contribution is 2.40. The molecule has 2 aliphatic heterocycles. The molecular formula is C40H49N3O4. The number of amides is 1. The first-order chi connectivity index (χ1) is 23.2. The lowest BCUT2D eigenvalue weighted by Crippen LogP contribution is -2.34. The molecule has 7 heteroatoms. The van der Waals surface area contributed by atoms with E-state index >= 15 is 0 Å². The molecule has 0 radical (unpaired) electrons. The number of carbonyl (C=O) groups excluding carboxylic acids is 1. The van der Waals surface area contributed by atoms with Crippen molar-refractivity contribution in [3.05, 3.63) is 88.5 Å². The van der Waals surface area contributed by atoms with E-state index in [1.807, 2.05) is 48.5 Å². The maximum absolute atomic E-state index is 12.7. The van der Waals surface area contributed by atoms with Gasteiger partial charge < -0.3 is 24.4 Å². The number of piperidine rings is 1. The van der Waals surface area contributed by atoms with E-state index in [0.29, 0.717) is 36.8 Å². The number of carbonyl (C=O) groups is 1. The monoisotopic (exact) mass is 635 g/mol. The normalized spacial score (nSPS) is 18.7. The molecule has 47 heavy (non-hydrogen) atoms. The number of hydrogen-bond acceptors (Lipinski definition) is 6. The minimum Gasteiger partial charge on any atom is -0.491 e. The van der Waals surface area contributed by atoms with Gasteiger partial charge >= 0.3 is 0 Å². The molecule has 1 N–H and O–H groups in total. The Labute approximate surface area is 280 Å². The Bertz CT molecular complexity index is 1480. The zero-order valence-corrected chi connectivity index (χ0v) is 27.7. The van der Waals surface area contributed by atoms with E-state index < -0.39 is 0 Å². The third-order valence-corrected chi connectivity index (χ3v) is 9.99. The van der Waals surface area contributed by atoms with E-state index in [9.17, 15) is 4.79 Å². The molecule has 7 nitrogen and oxygen atoms in total. The maximum Gasteiger partial charge on any atom is 0.251 e. The van der Waals surface area contributed by atoms with Gasteiger partial charge in [-0.1, -0.05) is 36.4 Å². The van der Waals surface area contributed by atoms with Crippen molar-refractivity contribution >= 4 is 5.91 Å². The Balaban J connectivity index is 0.921. The highest BCUT2D eigenvalue weighted by molar-refractivity contribution is 5.94. The number of aryl methyl sites for hydroxylation is 1. The molecule has 0 spiro atoms. The number of ether oxygens (including phenoxy) is 3. The number of nitrogens with zero attached hydrogens (tertiary/aromatic N) is 2. The van der Waals surface area contributed by atoms with Crippen LogP contribution in [0.3, 0.4) is 0 Å². The lowest BCUT2D eigenvalue weighted by molar-refractivity contribution is -0.165. The number of rotatable bonds is 13. The second-order valence-corrected chi connectivity index (χ2v) is 13.2. The Hall–Kier alpha value is -3.70. The first kappa shape index (κ1) is 33.2. The van der Waals surface area contributed by atoms with Crippen LogP contribution < -0.4 is 10.1 Å². The van der Waals surface area contributed by atoms with Gasteiger partial charge in [-0.3, -0.25) is 4.79 Å². The first-order valence-corrected chi connectivity index (χ1v) is 17.8. The van der Waals surface area contributed by atoms with Crippen LogP contribution in [-0.2, 0) is 22.3 Å². The Kier molecular flexibility index (Phi) is 12.0. The molecule has 3 aromatic carbocycles. The van der Waals surface area contributed by atoms with Gasteiger partial charge in [0.1, 0.15) is 12.4 Å². The molecule has 1 atom stereocenters. The fourth-order valence-electron chi connectivity index (χ4n) is 7.25. The van der Waals surface area contributed by atoms with E-state index in [-0.39, 0.29) is 12.2 Å². The molecule has 2 saturated heterocycles. The van der Waals surface area contributed by atoms with Gasteiger partial charge in [-0.25, -0.2) is 0 Å². The van der Waals surface area contributed by atoms with Crippen molar-refractivity contribution < 1.29 is 19.0 Å². The summed E-state index contributed by atoms with van der Waals surface area (Å²) in [6.07, 6.45) is 12.3. The summed E-state index contributed by atoms with van der Waals surface area (Å²) in [6.45, 7) is 5.88. The van der Waals surface area contributed by atoms with E-state index in [4.69, 9.17) is 19.5 Å². The summed E-state index contributed by atoms with van der Waals surface area (Å²) in [4.78, 5) is 15.3. The van der Waals surface area contributed by atoms with Crippen molar-refractivity contribution in [2.75, 3.05) is 46.0 Å². The number of hydrogen-bond donors (Lipinski definition) is 1. The minimum atomic E-state index is -0.0727. The topological polar surface area (TPSA) is 83.8 Å². The van der Waals surface area contributed by atoms with Crippen LogP contribution in [0, 0.1) is 11.3 Å². The molecule has 3 aromatic rings. The smallest absolute Gasteiger partial charge is 0.251 e. The zero-order chi connectivity index (χ0) is 32.3. The van der Waals surface area contributed by atoms with Crippen LogP contribution in [-0.4, -0.2) is 63.1 Å². The van der Waals surface area contributed by atoms with E-state index in [2.05, 4.69) is 28.4 Å². The summed E-state index contributed by atoms with van der Waals surface area (Å²) in [5.74, 6) is 1.64. The Morgan fingerprint density at radius 2 is 1.64 bits per heavy atom. The lowest BCUT2D eigenvalue weighted by atomic mass is 9.83. The predicted octanol–water partition coefficient (Wildman–Crippen LogP) is 7.42. The van der Waals surface area contributed by atoms with Crippen molar-refractivity contribution in [2.24, 2.45) is 0 Å². The minimum absolute atomic E-state index is 0.0332. The highest BCUT2D eigenvalue weighted by atomic mass is 16.7. The second kappa shape index (κ2) is 16.9. The number of unbranched alkanes of at least 4 members (excludes halogenated alkanes) is 1. The lowest BCUT2D eigenvalue weighted by Gasteiger charge is -2.34. The third kappa shape index (κ3) is 9.01. The summed E-state index contributed by atoms with van der Waals surface area (Å²) in [6, 6.07) is 22.0. The summed E-state index contributed by atoms with van der Waals surface area (Å²) in [5, 5.41) is 12.1. The summed E-state index contributed by atoms with van der Waals surface area (Å²) >= 11 is 0. The summed E-state index contributed by atoms with van der Waals surface area (Å²) in [7, 11) is 0. The van der Waals surface area contributed by atoms with Crippen molar-refractivity contribution in [1.29, 1.82) is 5.26 Å². The van der Waals surface area contributed by atoms with Gasteiger partial charge in [0, 0.05) is 18.7 Å². The molecule has 2 fully saturated rings. The molecule has 3 aliphatic rings. The summed E-state index contributed by atoms with van der Waals surface area (Å²) < 4.78 is 18.3. The fourth-order valence-corrected chi connectivity index (χ4v) is 7.25. The average Bonchev–Trinajstić information content (AvgIpc) is 3.14. The zero-order valence-electron chi connectivity index (χ0n) is 27.7. The highest BCUT2D eigenvalue weighted by Gasteiger charge is 2.26. The molecule has 2 heterocycles. The molecular weight excluding hydrogens is 586 g/mol. The maximum atomic E-state index is 12.7. The molecule has 0 aromatic heterocycles. The molecule has 1 amide bonds. The number of benzene rings is 3. The Morgan fingerprint density at radius 3 is 2.38 bits per heavy atom. The largest absolute Gasteiger partial charge is 0.491 e. The molecule has 1 unspecified atom stereocenters. The van der Waals surface area contributed by atoms with E-state index in [1.165, 1.54) is 36.0 Å². The van der Waals surface area contributed by atoms with E-state index in [0.717, 1.165) is 94.5 Å². The van der Waals surface area contributed by atoms with Gasteiger partial charge in [0.25, 0.3) is 5.91 Å². The van der Waals surface area contributed by atoms with Crippen molar-refractivity contribution in [3.63, 3.8) is 0 Å².